The molecule has 2 unspecified atom stereocenters. The van der Waals surface area contributed by atoms with Gasteiger partial charge in [0.15, 0.2) is 0 Å². The van der Waals surface area contributed by atoms with E-state index in [1.54, 1.807) is 68.9 Å². The predicted octanol–water partition coefficient (Wildman–Crippen LogP) is 5.22. The molecule has 0 saturated carbocycles. The number of rotatable bonds is 20. The first-order valence-corrected chi connectivity index (χ1v) is 19.1. The smallest absolute Gasteiger partial charge is 0.272 e. The minimum absolute atomic E-state index is 0.0982. The van der Waals surface area contributed by atoms with E-state index in [2.05, 4.69) is 40.4 Å². The molecule has 1 aromatic heterocycles. The van der Waals surface area contributed by atoms with Gasteiger partial charge >= 0.3 is 0 Å². The zero-order valence-electron chi connectivity index (χ0n) is 33.0. The van der Waals surface area contributed by atoms with Crippen molar-refractivity contribution >= 4 is 58.4 Å². The van der Waals surface area contributed by atoms with Gasteiger partial charge in [-0.1, -0.05) is 54.4 Å². The van der Waals surface area contributed by atoms with E-state index >= 15 is 0 Å². The van der Waals surface area contributed by atoms with E-state index in [9.17, 15) is 33.6 Å². The van der Waals surface area contributed by atoms with E-state index in [1.807, 2.05) is 13.8 Å². The number of hydrogen-bond acceptors (Lipinski definition) is 7. The number of carbonyl (C=O) groups excluding carboxylic acids is 7. The predicted molar refractivity (Wildman–Crippen MR) is 208 cm³/mol. The largest absolute Gasteiger partial charge is 0.344 e. The van der Waals surface area contributed by atoms with Crippen molar-refractivity contribution in [3.05, 3.63) is 42.2 Å². The zero-order chi connectivity index (χ0) is 40.1. The number of aromatic nitrogens is 1. The highest BCUT2D eigenvalue weighted by Crippen LogP contribution is 2.26. The van der Waals surface area contributed by atoms with E-state index in [1.165, 1.54) is 4.90 Å². The van der Waals surface area contributed by atoms with E-state index < -0.39 is 23.9 Å². The molecule has 14 heteroatoms. The maximum atomic E-state index is 13.1. The quantitative estimate of drug-likeness (QED) is 0.0907. The third-order valence-electron chi connectivity index (χ3n) is 9.50. The third kappa shape index (κ3) is 13.1. The van der Waals surface area contributed by atoms with Crippen molar-refractivity contribution < 1.29 is 33.6 Å². The van der Waals surface area contributed by atoms with E-state index in [4.69, 9.17) is 0 Å². The first-order chi connectivity index (χ1) is 25.5. The highest BCUT2D eigenvalue weighted by atomic mass is 16.2. The maximum absolute atomic E-state index is 13.1. The fourth-order valence-corrected chi connectivity index (χ4v) is 6.18. The molecule has 1 aliphatic rings. The van der Waals surface area contributed by atoms with E-state index in [0.717, 1.165) is 12.8 Å². The van der Waals surface area contributed by atoms with Crippen LogP contribution in [0.1, 0.15) is 110 Å². The second-order valence-electron chi connectivity index (χ2n) is 15.3. The highest BCUT2D eigenvalue weighted by molar-refractivity contribution is 6.05. The Bertz CT molecular complexity index is 1650. The average molecular weight is 750 g/mol. The van der Waals surface area contributed by atoms with Gasteiger partial charge in [-0.2, -0.15) is 0 Å². The number of carbonyl (C=O) groups is 7. The first kappa shape index (κ1) is 43.4. The van der Waals surface area contributed by atoms with Crippen LogP contribution < -0.4 is 26.6 Å². The molecule has 1 aliphatic heterocycles. The van der Waals surface area contributed by atoms with Gasteiger partial charge < -0.3 is 31.2 Å². The summed E-state index contributed by atoms with van der Waals surface area (Å²) in [6.45, 7) is 13.6. The lowest BCUT2D eigenvalue weighted by Gasteiger charge is -2.24. The normalized spacial score (nSPS) is 15.4. The molecule has 3 rings (SSSR count). The molecule has 1 saturated heterocycles. The van der Waals surface area contributed by atoms with Crippen LogP contribution in [0.2, 0.25) is 0 Å². The SMILES string of the molecule is CC(C)CCCC(=O)Nc1cc(C(=O)Nc2ccc(NC(=O)[C@H](C)NC(=O)C(NC(=O)CCCCCN3C(=O)CC(C(C)C)C3=O)C(C)C)cc2)n(C)c1. The molecular formula is C40H59N7O7. The molecule has 0 aliphatic carbocycles. The van der Waals surface area contributed by atoms with Crippen molar-refractivity contribution in [2.45, 2.75) is 112 Å². The molecule has 0 spiro atoms. The summed E-state index contributed by atoms with van der Waals surface area (Å²) in [5.41, 5.74) is 1.84. The molecule has 5 N–H and O–H groups in total. The van der Waals surface area contributed by atoms with Gasteiger partial charge in [-0.25, -0.2) is 0 Å². The number of nitrogens with one attached hydrogen (secondary N) is 5. The second-order valence-corrected chi connectivity index (χ2v) is 15.3. The molecule has 7 amide bonds. The topological polar surface area (TPSA) is 188 Å². The Morgan fingerprint density at radius 3 is 1.96 bits per heavy atom. The molecule has 1 aromatic carbocycles. The van der Waals surface area contributed by atoms with Crippen LogP contribution in [-0.4, -0.2) is 69.4 Å². The fraction of sp³-hybridized carbons (Fsp3) is 0.575. The van der Waals surface area contributed by atoms with Gasteiger partial charge in [0.2, 0.25) is 35.4 Å². The van der Waals surface area contributed by atoms with Gasteiger partial charge in [0.1, 0.15) is 17.8 Å². The third-order valence-corrected chi connectivity index (χ3v) is 9.50. The summed E-state index contributed by atoms with van der Waals surface area (Å²) in [7, 11) is 1.72. The van der Waals surface area contributed by atoms with E-state index in [0.29, 0.717) is 60.9 Å². The summed E-state index contributed by atoms with van der Waals surface area (Å²) < 4.78 is 1.63. The zero-order valence-corrected chi connectivity index (χ0v) is 33.0. The molecule has 14 nitrogen and oxygen atoms in total. The van der Waals surface area contributed by atoms with Gasteiger partial charge in [-0.3, -0.25) is 38.5 Å². The van der Waals surface area contributed by atoms with Crippen molar-refractivity contribution in [1.82, 2.24) is 20.1 Å². The standard InChI is InChI=1S/C40H59N7O7/c1-24(2)13-12-15-33(48)42-30-21-32(46(8)23-30)38(52)44-29-18-16-28(17-19-29)43-37(51)27(7)41-39(53)36(26(5)6)45-34(49)14-10-9-11-20-47-35(50)22-31(25(3)4)40(47)54/h16-19,21,23-27,31,36H,9-15,20,22H2,1-8H3,(H,41,53)(H,42,48)(H,43,51)(H,44,52)(H,45,49)/t27-,31?,36?/m0/s1. The number of aryl methyl sites for hydroxylation is 1. The Kier molecular flexibility index (Phi) is 16.4. The van der Waals surface area contributed by atoms with Crippen molar-refractivity contribution in [3.63, 3.8) is 0 Å². The molecule has 2 aromatic rings. The lowest BCUT2D eigenvalue weighted by molar-refractivity contribution is -0.140. The van der Waals surface area contributed by atoms with Gasteiger partial charge in [-0.05, 0) is 74.3 Å². The summed E-state index contributed by atoms with van der Waals surface area (Å²) >= 11 is 0. The Hall–Kier alpha value is -5.01. The number of nitrogens with zero attached hydrogens (tertiary/aromatic N) is 2. The minimum atomic E-state index is -0.913. The van der Waals surface area contributed by atoms with Crippen molar-refractivity contribution in [2.24, 2.45) is 30.7 Å². The number of likely N-dealkylation sites (tertiary alicyclic amines) is 1. The number of anilines is 3. The molecule has 1 fully saturated rings. The van der Waals surface area contributed by atoms with Gasteiger partial charge in [0.05, 0.1) is 5.69 Å². The van der Waals surface area contributed by atoms with Crippen LogP contribution in [0.3, 0.4) is 0 Å². The Labute approximate surface area is 318 Å². The summed E-state index contributed by atoms with van der Waals surface area (Å²) in [4.78, 5) is 90.1. The average Bonchev–Trinajstić information content (AvgIpc) is 3.60. The van der Waals surface area contributed by atoms with Crippen LogP contribution in [-0.2, 0) is 35.8 Å². The lowest BCUT2D eigenvalue weighted by atomic mass is 9.94. The highest BCUT2D eigenvalue weighted by Gasteiger charge is 2.39. The van der Waals surface area contributed by atoms with Crippen LogP contribution >= 0.6 is 0 Å². The van der Waals surface area contributed by atoms with Crippen molar-refractivity contribution in [1.29, 1.82) is 0 Å². The second kappa shape index (κ2) is 20.4. The van der Waals surface area contributed by atoms with Gasteiger partial charge in [0, 0.05) is 56.3 Å². The Morgan fingerprint density at radius 1 is 0.741 bits per heavy atom. The molecular weight excluding hydrogens is 690 g/mol. The van der Waals surface area contributed by atoms with Crippen LogP contribution in [0, 0.1) is 23.7 Å². The van der Waals surface area contributed by atoms with Gasteiger partial charge in [-0.15, -0.1) is 0 Å². The number of imide groups is 1. The molecule has 0 bridgehead atoms. The number of amides is 7. The maximum Gasteiger partial charge on any atom is 0.272 e. The molecule has 0 radical (unpaired) electrons. The molecule has 3 atom stereocenters. The lowest BCUT2D eigenvalue weighted by Crippen LogP contribution is -2.53. The Balaban J connectivity index is 1.42. The van der Waals surface area contributed by atoms with Gasteiger partial charge in [0.25, 0.3) is 5.91 Å². The van der Waals surface area contributed by atoms with Crippen molar-refractivity contribution in [3.8, 4) is 0 Å². The summed E-state index contributed by atoms with van der Waals surface area (Å²) in [5.74, 6) is -1.83. The summed E-state index contributed by atoms with van der Waals surface area (Å²) in [6, 6.07) is 6.36. The monoisotopic (exact) mass is 749 g/mol. The number of benzene rings is 1. The molecule has 54 heavy (non-hydrogen) atoms. The van der Waals surface area contributed by atoms with Crippen LogP contribution in [0.5, 0.6) is 0 Å². The fourth-order valence-electron chi connectivity index (χ4n) is 6.18. The van der Waals surface area contributed by atoms with E-state index in [-0.39, 0.29) is 60.1 Å². The first-order valence-electron chi connectivity index (χ1n) is 19.1. The Morgan fingerprint density at radius 2 is 1.37 bits per heavy atom. The molecule has 2 heterocycles. The summed E-state index contributed by atoms with van der Waals surface area (Å²) in [6.07, 6.45) is 6.08. The molecule has 296 valence electrons. The van der Waals surface area contributed by atoms with Crippen molar-refractivity contribution in [2.75, 3.05) is 22.5 Å². The van der Waals surface area contributed by atoms with Crippen LogP contribution in [0.25, 0.3) is 0 Å². The van der Waals surface area contributed by atoms with Crippen LogP contribution in [0.15, 0.2) is 36.5 Å². The minimum Gasteiger partial charge on any atom is -0.344 e. The summed E-state index contributed by atoms with van der Waals surface area (Å²) in [5, 5.41) is 13.9. The van der Waals surface area contributed by atoms with Crippen LogP contribution in [0.4, 0.5) is 17.1 Å². The number of hydrogen-bond donors (Lipinski definition) is 5. The number of unbranched alkanes of at least 4 members (excludes halogenated alkanes) is 2.